The fraction of sp³-hybridized carbons (Fsp3) is 0.261. The van der Waals surface area contributed by atoms with Crippen molar-refractivity contribution in [3.05, 3.63) is 70.1 Å². The minimum Gasteiger partial charge on any atom is -0.465 e. The van der Waals surface area contributed by atoms with Gasteiger partial charge in [-0.05, 0) is 67.6 Å². The van der Waals surface area contributed by atoms with Crippen molar-refractivity contribution in [1.29, 1.82) is 0 Å². The third-order valence-electron chi connectivity index (χ3n) is 5.34. The van der Waals surface area contributed by atoms with Gasteiger partial charge in [0.15, 0.2) is 0 Å². The Bertz CT molecular complexity index is 1330. The van der Waals surface area contributed by atoms with E-state index in [9.17, 15) is 26.4 Å². The van der Waals surface area contributed by atoms with Crippen molar-refractivity contribution in [2.45, 2.75) is 36.8 Å². The van der Waals surface area contributed by atoms with Crippen LogP contribution in [0.25, 0.3) is 10.4 Å². The van der Waals surface area contributed by atoms with Crippen molar-refractivity contribution in [2.24, 2.45) is 0 Å². The quantitative estimate of drug-likeness (QED) is 0.413. The Balaban J connectivity index is 1.83. The molecule has 33 heavy (non-hydrogen) atoms. The highest BCUT2D eigenvalue weighted by atomic mass is 32.2. The van der Waals surface area contributed by atoms with Crippen LogP contribution in [0.5, 0.6) is 0 Å². The van der Waals surface area contributed by atoms with Crippen LogP contribution in [0.4, 0.5) is 18.9 Å². The molecule has 0 spiro atoms. The average Bonchev–Trinajstić information content (AvgIpc) is 3.52. The first-order valence-corrected chi connectivity index (χ1v) is 12.3. The smallest absolute Gasteiger partial charge is 0.416 e. The van der Waals surface area contributed by atoms with Crippen molar-refractivity contribution in [1.82, 2.24) is 0 Å². The summed E-state index contributed by atoms with van der Waals surface area (Å²) in [5.41, 5.74) is -0.252. The van der Waals surface area contributed by atoms with E-state index in [1.165, 1.54) is 36.6 Å². The standard InChI is InChI=1S/C23H20F3NO4S2/c1-13-3-10-20(32-13)18-9-7-16(23(24,25)26)12-19(18)27-33(29,30)21-11-15(22(28)31-2)6-8-17(21)14-4-5-14/h3,6-12,14,27H,4-5H2,1-2H3. The topological polar surface area (TPSA) is 72.5 Å². The number of halogens is 3. The number of alkyl halides is 3. The third kappa shape index (κ3) is 4.91. The number of anilines is 1. The van der Waals surface area contributed by atoms with Gasteiger partial charge in [-0.15, -0.1) is 11.3 Å². The monoisotopic (exact) mass is 495 g/mol. The normalized spacial score (nSPS) is 14.2. The lowest BCUT2D eigenvalue weighted by Gasteiger charge is -2.17. The summed E-state index contributed by atoms with van der Waals surface area (Å²) in [5.74, 6) is -0.688. The van der Waals surface area contributed by atoms with Gasteiger partial charge in [-0.1, -0.05) is 12.1 Å². The number of thiophene rings is 1. The average molecular weight is 496 g/mol. The Kier molecular flexibility index (Phi) is 6.00. The third-order valence-corrected chi connectivity index (χ3v) is 7.79. The van der Waals surface area contributed by atoms with Gasteiger partial charge in [0.25, 0.3) is 10.0 Å². The molecule has 0 aliphatic heterocycles. The summed E-state index contributed by atoms with van der Waals surface area (Å²) in [5, 5.41) is 0. The fourth-order valence-electron chi connectivity index (χ4n) is 3.54. The van der Waals surface area contributed by atoms with Crippen molar-refractivity contribution in [3.8, 4) is 10.4 Å². The van der Waals surface area contributed by atoms with Crippen LogP contribution in [0.2, 0.25) is 0 Å². The molecule has 10 heteroatoms. The Hall–Kier alpha value is -2.85. The van der Waals surface area contributed by atoms with Crippen LogP contribution in [-0.2, 0) is 20.9 Å². The second kappa shape index (κ2) is 8.49. The highest BCUT2D eigenvalue weighted by Crippen LogP contribution is 2.44. The molecule has 0 atom stereocenters. The van der Waals surface area contributed by atoms with E-state index in [0.717, 1.165) is 29.9 Å². The lowest BCUT2D eigenvalue weighted by Crippen LogP contribution is -2.17. The molecule has 1 saturated carbocycles. The Morgan fingerprint density at radius 2 is 1.82 bits per heavy atom. The second-order valence-electron chi connectivity index (χ2n) is 7.79. The number of rotatable bonds is 6. The number of esters is 1. The minimum absolute atomic E-state index is 0.0178. The van der Waals surface area contributed by atoms with E-state index >= 15 is 0 Å². The lowest BCUT2D eigenvalue weighted by molar-refractivity contribution is -0.137. The van der Waals surface area contributed by atoms with Gasteiger partial charge >= 0.3 is 12.1 Å². The Labute approximate surface area is 193 Å². The van der Waals surface area contributed by atoms with Crippen LogP contribution in [-0.4, -0.2) is 21.5 Å². The van der Waals surface area contributed by atoms with E-state index in [-0.39, 0.29) is 22.1 Å². The number of sulfonamides is 1. The van der Waals surface area contributed by atoms with Gasteiger partial charge in [-0.2, -0.15) is 13.2 Å². The predicted molar refractivity (Wildman–Crippen MR) is 120 cm³/mol. The molecule has 5 nitrogen and oxygen atoms in total. The number of hydrogen-bond donors (Lipinski definition) is 1. The summed E-state index contributed by atoms with van der Waals surface area (Å²) in [6.45, 7) is 1.85. The van der Waals surface area contributed by atoms with Gasteiger partial charge < -0.3 is 4.74 Å². The fourth-order valence-corrected chi connectivity index (χ4v) is 5.84. The van der Waals surface area contributed by atoms with Crippen molar-refractivity contribution in [3.63, 3.8) is 0 Å². The van der Waals surface area contributed by atoms with Crippen molar-refractivity contribution < 1.29 is 31.1 Å². The summed E-state index contributed by atoms with van der Waals surface area (Å²) >= 11 is 1.34. The van der Waals surface area contributed by atoms with E-state index < -0.39 is 27.7 Å². The molecule has 0 amide bonds. The van der Waals surface area contributed by atoms with Crippen LogP contribution >= 0.6 is 11.3 Å². The van der Waals surface area contributed by atoms with Gasteiger partial charge in [0, 0.05) is 15.3 Å². The molecule has 1 fully saturated rings. The number of hydrogen-bond acceptors (Lipinski definition) is 5. The van der Waals surface area contributed by atoms with E-state index in [1.807, 2.05) is 6.92 Å². The summed E-state index contributed by atoms with van der Waals surface area (Å²) in [7, 11) is -3.14. The first-order valence-electron chi connectivity index (χ1n) is 10.0. The zero-order valence-corrected chi connectivity index (χ0v) is 19.3. The molecule has 0 radical (unpaired) electrons. The maximum Gasteiger partial charge on any atom is 0.416 e. The zero-order valence-electron chi connectivity index (χ0n) is 17.7. The first-order chi connectivity index (χ1) is 15.5. The first kappa shape index (κ1) is 23.3. The molecule has 2 aromatic carbocycles. The molecule has 0 bridgehead atoms. The molecule has 1 heterocycles. The lowest BCUT2D eigenvalue weighted by atomic mass is 10.1. The van der Waals surface area contributed by atoms with Gasteiger partial charge in [0.2, 0.25) is 0 Å². The van der Waals surface area contributed by atoms with Gasteiger partial charge in [0.05, 0.1) is 28.8 Å². The van der Waals surface area contributed by atoms with Gasteiger partial charge in [0.1, 0.15) is 0 Å². The largest absolute Gasteiger partial charge is 0.465 e. The number of ether oxygens (including phenoxy) is 1. The number of benzene rings is 2. The predicted octanol–water partition coefficient (Wildman–Crippen LogP) is 6.21. The van der Waals surface area contributed by atoms with Gasteiger partial charge in [-0.25, -0.2) is 13.2 Å². The summed E-state index contributed by atoms with van der Waals surface area (Å²) in [6.07, 6.45) is -3.05. The number of carbonyl (C=O) groups is 1. The summed E-state index contributed by atoms with van der Waals surface area (Å²) in [6, 6.07) is 10.8. The van der Waals surface area contributed by atoms with Crippen molar-refractivity contribution >= 4 is 33.0 Å². The van der Waals surface area contributed by atoms with Crippen LogP contribution in [0.15, 0.2) is 53.4 Å². The molecule has 4 rings (SSSR count). The minimum atomic E-state index is -4.64. The number of carbonyl (C=O) groups excluding carboxylic acids is 1. The molecule has 1 N–H and O–H groups in total. The maximum atomic E-state index is 13.4. The molecule has 1 aliphatic carbocycles. The van der Waals surface area contributed by atoms with E-state index in [1.54, 1.807) is 18.2 Å². The van der Waals surface area contributed by atoms with Crippen molar-refractivity contribution in [2.75, 3.05) is 11.8 Å². The highest BCUT2D eigenvalue weighted by Gasteiger charge is 2.34. The zero-order chi connectivity index (χ0) is 24.0. The summed E-state index contributed by atoms with van der Waals surface area (Å²) < 4.78 is 74.1. The Morgan fingerprint density at radius 1 is 1.09 bits per heavy atom. The van der Waals surface area contributed by atoms with Crippen LogP contribution in [0, 0.1) is 6.92 Å². The molecule has 1 aliphatic rings. The highest BCUT2D eigenvalue weighted by molar-refractivity contribution is 7.92. The second-order valence-corrected chi connectivity index (χ2v) is 10.7. The molecular weight excluding hydrogens is 475 g/mol. The molecular formula is C23H20F3NO4S2. The maximum absolute atomic E-state index is 13.4. The van der Waals surface area contributed by atoms with Crippen LogP contribution < -0.4 is 4.72 Å². The molecule has 0 saturated heterocycles. The number of nitrogens with one attached hydrogen (secondary N) is 1. The number of methoxy groups -OCH3 is 1. The van der Waals surface area contributed by atoms with E-state index in [2.05, 4.69) is 4.72 Å². The summed E-state index contributed by atoms with van der Waals surface area (Å²) in [4.78, 5) is 13.4. The molecule has 1 aromatic heterocycles. The molecule has 3 aromatic rings. The van der Waals surface area contributed by atoms with Crippen LogP contribution in [0.1, 0.15) is 45.1 Å². The SMILES string of the molecule is COC(=O)c1ccc(C2CC2)c(S(=O)(=O)Nc2cc(C(F)(F)F)ccc2-c2ccc(C)s2)c1. The molecule has 174 valence electrons. The Morgan fingerprint density at radius 3 is 2.39 bits per heavy atom. The number of aryl methyl sites for hydroxylation is 1. The van der Waals surface area contributed by atoms with E-state index in [4.69, 9.17) is 4.74 Å². The van der Waals surface area contributed by atoms with E-state index in [0.29, 0.717) is 16.0 Å². The van der Waals surface area contributed by atoms with Crippen LogP contribution in [0.3, 0.4) is 0 Å². The molecule has 0 unspecified atom stereocenters. The van der Waals surface area contributed by atoms with Gasteiger partial charge in [-0.3, -0.25) is 4.72 Å².